The van der Waals surface area contributed by atoms with Crippen molar-refractivity contribution in [2.45, 2.75) is 31.8 Å². The molecule has 1 fully saturated rings. The van der Waals surface area contributed by atoms with Gasteiger partial charge >= 0.3 is 0 Å². The fraction of sp³-hybridized carbons (Fsp3) is 0.667. The van der Waals surface area contributed by atoms with Gasteiger partial charge in [0, 0.05) is 13.2 Å². The molecule has 0 heterocycles. The summed E-state index contributed by atoms with van der Waals surface area (Å²) >= 11 is 0. The molecule has 0 aromatic heterocycles. The maximum atomic E-state index is 8.41. The second-order valence-corrected chi connectivity index (χ2v) is 2.89. The van der Waals surface area contributed by atoms with Crippen molar-refractivity contribution in [3.63, 3.8) is 0 Å². The molecule has 1 aliphatic carbocycles. The first-order chi connectivity index (χ1) is 5.36. The van der Waals surface area contributed by atoms with Crippen molar-refractivity contribution in [3.8, 4) is 6.07 Å². The predicted octanol–water partition coefficient (Wildman–Crippen LogP) is 2.03. The minimum atomic E-state index is 0.350. The third kappa shape index (κ3) is 2.36. The normalized spacial score (nSPS) is 28.4. The van der Waals surface area contributed by atoms with Crippen LogP contribution in [0.3, 0.4) is 0 Å². The molecule has 1 atom stereocenters. The lowest BCUT2D eigenvalue weighted by Gasteiger charge is -2.21. The van der Waals surface area contributed by atoms with Crippen LogP contribution in [0.4, 0.5) is 0 Å². The number of rotatable bonds is 1. The molecule has 2 nitrogen and oxygen atoms in total. The van der Waals surface area contributed by atoms with E-state index in [4.69, 9.17) is 10.00 Å². The first-order valence-electron chi connectivity index (χ1n) is 3.97. The van der Waals surface area contributed by atoms with Gasteiger partial charge in [-0.25, -0.2) is 0 Å². The molecule has 1 rings (SSSR count). The highest BCUT2D eigenvalue weighted by molar-refractivity contribution is 5.15. The molecular formula is C9H13NO. The van der Waals surface area contributed by atoms with Crippen LogP contribution in [0.25, 0.3) is 0 Å². The molecule has 0 N–H and O–H groups in total. The molecule has 0 aliphatic heterocycles. The smallest absolute Gasteiger partial charge is 0.0911 e. The topological polar surface area (TPSA) is 33.0 Å². The third-order valence-corrected chi connectivity index (χ3v) is 2.12. The van der Waals surface area contributed by atoms with Crippen LogP contribution >= 0.6 is 0 Å². The quantitative estimate of drug-likeness (QED) is 0.537. The van der Waals surface area contributed by atoms with Gasteiger partial charge in [-0.2, -0.15) is 5.26 Å². The van der Waals surface area contributed by atoms with Crippen LogP contribution in [0.5, 0.6) is 0 Å². The minimum Gasteiger partial charge on any atom is -0.381 e. The molecule has 0 bridgehead atoms. The summed E-state index contributed by atoms with van der Waals surface area (Å²) in [5.74, 6) is 0. The molecule has 1 unspecified atom stereocenters. The van der Waals surface area contributed by atoms with Crippen molar-refractivity contribution in [2.75, 3.05) is 7.11 Å². The Hall–Kier alpha value is -0.810. The number of allylic oxidation sites excluding steroid dienone is 1. The molecule has 1 aliphatic rings. The average Bonchev–Trinajstić information content (AvgIpc) is 2.06. The zero-order valence-electron chi connectivity index (χ0n) is 6.84. The SMILES string of the molecule is COC1CCC/C(=C/C#N)C1. The van der Waals surface area contributed by atoms with Crippen molar-refractivity contribution in [2.24, 2.45) is 0 Å². The molecule has 0 aromatic rings. The van der Waals surface area contributed by atoms with Gasteiger partial charge < -0.3 is 4.74 Å². The molecule has 0 amide bonds. The molecule has 2 heteroatoms. The molecule has 0 spiro atoms. The van der Waals surface area contributed by atoms with E-state index in [0.29, 0.717) is 6.10 Å². The first kappa shape index (κ1) is 8.29. The highest BCUT2D eigenvalue weighted by atomic mass is 16.5. The zero-order valence-corrected chi connectivity index (χ0v) is 6.84. The fourth-order valence-electron chi connectivity index (χ4n) is 1.48. The Kier molecular flexibility index (Phi) is 3.13. The number of methoxy groups -OCH3 is 1. The van der Waals surface area contributed by atoms with E-state index < -0.39 is 0 Å². The van der Waals surface area contributed by atoms with Gasteiger partial charge in [0.15, 0.2) is 0 Å². The molecule has 0 radical (unpaired) electrons. The summed E-state index contributed by atoms with van der Waals surface area (Å²) in [6.45, 7) is 0. The Morgan fingerprint density at radius 1 is 1.73 bits per heavy atom. The van der Waals surface area contributed by atoms with E-state index in [-0.39, 0.29) is 0 Å². The summed E-state index contributed by atoms with van der Waals surface area (Å²) in [6, 6.07) is 2.06. The highest BCUT2D eigenvalue weighted by Gasteiger charge is 2.15. The predicted molar refractivity (Wildman–Crippen MR) is 43.0 cm³/mol. The van der Waals surface area contributed by atoms with Crippen molar-refractivity contribution < 1.29 is 4.74 Å². The van der Waals surface area contributed by atoms with Gasteiger partial charge in [-0.15, -0.1) is 0 Å². The Morgan fingerprint density at radius 3 is 3.18 bits per heavy atom. The van der Waals surface area contributed by atoms with Crippen molar-refractivity contribution in [1.29, 1.82) is 5.26 Å². The van der Waals surface area contributed by atoms with Crippen LogP contribution in [-0.4, -0.2) is 13.2 Å². The van der Waals surface area contributed by atoms with Gasteiger partial charge in [-0.1, -0.05) is 5.57 Å². The lowest BCUT2D eigenvalue weighted by atomic mass is 9.92. The molecule has 0 saturated heterocycles. The number of hydrogen-bond donors (Lipinski definition) is 0. The summed E-state index contributed by atoms with van der Waals surface area (Å²) < 4.78 is 5.22. The number of hydrogen-bond acceptors (Lipinski definition) is 2. The molecular weight excluding hydrogens is 138 g/mol. The maximum Gasteiger partial charge on any atom is 0.0911 e. The van der Waals surface area contributed by atoms with Gasteiger partial charge in [0.05, 0.1) is 12.2 Å². The van der Waals surface area contributed by atoms with Crippen LogP contribution in [0.15, 0.2) is 11.6 Å². The lowest BCUT2D eigenvalue weighted by molar-refractivity contribution is 0.0849. The zero-order chi connectivity index (χ0) is 8.10. The summed E-state index contributed by atoms with van der Waals surface area (Å²) in [6.07, 6.45) is 6.33. The van der Waals surface area contributed by atoms with Crippen molar-refractivity contribution in [1.82, 2.24) is 0 Å². The standard InChI is InChI=1S/C9H13NO/c1-11-9-4-2-3-8(7-9)5-6-10/h5,9H,2-4,7H2,1H3/b8-5-. The van der Waals surface area contributed by atoms with Crippen LogP contribution in [0.2, 0.25) is 0 Å². The molecule has 60 valence electrons. The molecule has 0 aromatic carbocycles. The van der Waals surface area contributed by atoms with Crippen molar-refractivity contribution in [3.05, 3.63) is 11.6 Å². The van der Waals surface area contributed by atoms with E-state index in [2.05, 4.69) is 6.07 Å². The van der Waals surface area contributed by atoms with Gasteiger partial charge in [-0.05, 0) is 25.7 Å². The van der Waals surface area contributed by atoms with E-state index >= 15 is 0 Å². The highest BCUT2D eigenvalue weighted by Crippen LogP contribution is 2.24. The fourth-order valence-corrected chi connectivity index (χ4v) is 1.48. The minimum absolute atomic E-state index is 0.350. The Morgan fingerprint density at radius 2 is 2.55 bits per heavy atom. The monoisotopic (exact) mass is 151 g/mol. The second kappa shape index (κ2) is 4.15. The third-order valence-electron chi connectivity index (χ3n) is 2.12. The summed E-state index contributed by atoms with van der Waals surface area (Å²) in [4.78, 5) is 0. The van der Waals surface area contributed by atoms with E-state index in [9.17, 15) is 0 Å². The molecule has 1 saturated carbocycles. The summed E-state index contributed by atoms with van der Waals surface area (Å²) in [5, 5.41) is 8.41. The van der Waals surface area contributed by atoms with E-state index in [0.717, 1.165) is 25.7 Å². The largest absolute Gasteiger partial charge is 0.381 e. The van der Waals surface area contributed by atoms with Crippen LogP contribution < -0.4 is 0 Å². The van der Waals surface area contributed by atoms with Crippen LogP contribution in [0.1, 0.15) is 25.7 Å². The number of nitriles is 1. The van der Waals surface area contributed by atoms with Crippen molar-refractivity contribution >= 4 is 0 Å². The van der Waals surface area contributed by atoms with Gasteiger partial charge in [-0.3, -0.25) is 0 Å². The molecule has 11 heavy (non-hydrogen) atoms. The van der Waals surface area contributed by atoms with Gasteiger partial charge in [0.1, 0.15) is 0 Å². The van der Waals surface area contributed by atoms with E-state index in [1.54, 1.807) is 13.2 Å². The summed E-state index contributed by atoms with van der Waals surface area (Å²) in [5.41, 5.74) is 1.24. The second-order valence-electron chi connectivity index (χ2n) is 2.89. The van der Waals surface area contributed by atoms with Gasteiger partial charge in [0.2, 0.25) is 0 Å². The Labute approximate surface area is 67.5 Å². The lowest BCUT2D eigenvalue weighted by Crippen LogP contribution is -2.15. The number of nitrogens with zero attached hydrogens (tertiary/aromatic N) is 1. The maximum absolute atomic E-state index is 8.41. The average molecular weight is 151 g/mol. The van der Waals surface area contributed by atoms with E-state index in [1.807, 2.05) is 0 Å². The van der Waals surface area contributed by atoms with Crippen LogP contribution in [0, 0.1) is 11.3 Å². The first-order valence-corrected chi connectivity index (χ1v) is 3.97. The Bertz CT molecular complexity index is 190. The Balaban J connectivity index is 2.47. The van der Waals surface area contributed by atoms with Crippen LogP contribution in [-0.2, 0) is 4.74 Å². The van der Waals surface area contributed by atoms with E-state index in [1.165, 1.54) is 5.57 Å². The summed E-state index contributed by atoms with van der Waals surface area (Å²) in [7, 11) is 1.74. The number of ether oxygens (including phenoxy) is 1. The van der Waals surface area contributed by atoms with Gasteiger partial charge in [0.25, 0.3) is 0 Å².